The molecule has 6 heteroatoms. The number of aryl methyl sites for hydroxylation is 1. The van der Waals surface area contributed by atoms with Gasteiger partial charge >= 0.3 is 0 Å². The van der Waals surface area contributed by atoms with Gasteiger partial charge in [-0.25, -0.2) is 0 Å². The molecule has 0 atom stereocenters. The molecule has 0 radical (unpaired) electrons. The molecule has 110 valence electrons. The van der Waals surface area contributed by atoms with Crippen LogP contribution in [0.25, 0.3) is 0 Å². The number of carbonyl (C=O) groups excluding carboxylic acids is 2. The summed E-state index contributed by atoms with van der Waals surface area (Å²) < 4.78 is 0. The lowest BCUT2D eigenvalue weighted by Crippen LogP contribution is -2.16. The number of carbonyl (C=O) groups is 2. The van der Waals surface area contributed by atoms with E-state index in [1.165, 1.54) is 11.3 Å². The second-order valence-electron chi connectivity index (χ2n) is 4.50. The van der Waals surface area contributed by atoms with Crippen molar-refractivity contribution in [2.24, 2.45) is 5.73 Å². The van der Waals surface area contributed by atoms with Crippen LogP contribution in [-0.2, 0) is 6.42 Å². The minimum atomic E-state index is -0.553. The minimum Gasteiger partial charge on any atom is -0.366 e. The lowest BCUT2D eigenvalue weighted by atomic mass is 10.2. The van der Waals surface area contributed by atoms with Gasteiger partial charge in [0.15, 0.2) is 0 Å². The summed E-state index contributed by atoms with van der Waals surface area (Å²) in [4.78, 5) is 24.7. The third-order valence-electron chi connectivity index (χ3n) is 2.89. The predicted octanol–water partition coefficient (Wildman–Crippen LogP) is 3.71. The highest BCUT2D eigenvalue weighted by molar-refractivity contribution is 7.16. The van der Waals surface area contributed by atoms with E-state index in [0.717, 1.165) is 17.7 Å². The van der Waals surface area contributed by atoms with Gasteiger partial charge in [-0.2, -0.15) is 0 Å². The van der Waals surface area contributed by atoms with Crippen molar-refractivity contribution < 1.29 is 9.59 Å². The molecule has 0 fully saturated rings. The first kappa shape index (κ1) is 15.5. The van der Waals surface area contributed by atoms with Gasteiger partial charge in [0, 0.05) is 4.88 Å². The number of thiophene rings is 1. The quantitative estimate of drug-likeness (QED) is 0.880. The van der Waals surface area contributed by atoms with Gasteiger partial charge < -0.3 is 11.1 Å². The van der Waals surface area contributed by atoms with Crippen molar-refractivity contribution in [3.63, 3.8) is 0 Å². The number of amides is 2. The maximum atomic E-state index is 12.2. The van der Waals surface area contributed by atoms with E-state index in [0.29, 0.717) is 21.2 Å². The van der Waals surface area contributed by atoms with Crippen molar-refractivity contribution >= 4 is 39.8 Å². The average Bonchev–Trinajstić information content (AvgIpc) is 2.82. The monoisotopic (exact) mass is 322 g/mol. The number of halogens is 1. The molecule has 1 aromatic carbocycles. The zero-order valence-corrected chi connectivity index (χ0v) is 13.1. The van der Waals surface area contributed by atoms with E-state index in [2.05, 4.69) is 5.32 Å². The molecule has 2 amide bonds. The Bertz CT molecular complexity index is 682. The molecule has 0 unspecified atom stereocenters. The highest BCUT2D eigenvalue weighted by Gasteiger charge is 2.17. The normalized spacial score (nSPS) is 10.4. The van der Waals surface area contributed by atoms with Crippen LogP contribution in [0.4, 0.5) is 5.00 Å². The molecule has 0 spiro atoms. The lowest BCUT2D eigenvalue weighted by molar-refractivity contribution is 0.100. The van der Waals surface area contributed by atoms with Crippen LogP contribution in [0.2, 0.25) is 5.02 Å². The smallest absolute Gasteiger partial charge is 0.257 e. The Morgan fingerprint density at radius 3 is 2.62 bits per heavy atom. The molecule has 0 aliphatic rings. The molecule has 0 bridgehead atoms. The van der Waals surface area contributed by atoms with Crippen LogP contribution in [0.1, 0.15) is 38.9 Å². The third-order valence-corrected chi connectivity index (χ3v) is 4.33. The summed E-state index contributed by atoms with van der Waals surface area (Å²) in [5.74, 6) is -0.906. The van der Waals surface area contributed by atoms with E-state index in [-0.39, 0.29) is 5.91 Å². The topological polar surface area (TPSA) is 72.2 Å². The second kappa shape index (κ2) is 6.74. The summed E-state index contributed by atoms with van der Waals surface area (Å²) in [7, 11) is 0. The highest BCUT2D eigenvalue weighted by atomic mass is 35.5. The molecule has 1 aromatic heterocycles. The van der Waals surface area contributed by atoms with Gasteiger partial charge in [0.2, 0.25) is 0 Å². The summed E-state index contributed by atoms with van der Waals surface area (Å²) in [6, 6.07) is 8.48. The Hall–Kier alpha value is -1.85. The first-order valence-corrected chi connectivity index (χ1v) is 7.70. The Balaban J connectivity index is 2.28. The molecule has 1 heterocycles. The fraction of sp³-hybridized carbons (Fsp3) is 0.200. The molecule has 0 aliphatic heterocycles. The molecule has 2 rings (SSSR count). The van der Waals surface area contributed by atoms with Crippen LogP contribution in [0.15, 0.2) is 30.3 Å². The number of anilines is 1. The van der Waals surface area contributed by atoms with E-state index in [1.54, 1.807) is 30.3 Å². The zero-order chi connectivity index (χ0) is 15.4. The number of rotatable bonds is 5. The number of hydrogen-bond acceptors (Lipinski definition) is 3. The van der Waals surface area contributed by atoms with E-state index in [4.69, 9.17) is 17.3 Å². The van der Waals surface area contributed by atoms with Crippen LogP contribution in [0.5, 0.6) is 0 Å². The van der Waals surface area contributed by atoms with Gasteiger partial charge in [-0.05, 0) is 24.6 Å². The van der Waals surface area contributed by atoms with Crippen molar-refractivity contribution in [3.8, 4) is 0 Å². The molecule has 3 N–H and O–H groups in total. The number of nitrogens with one attached hydrogen (secondary N) is 1. The summed E-state index contributed by atoms with van der Waals surface area (Å²) in [6.45, 7) is 2.05. The Kier molecular flexibility index (Phi) is 4.98. The molecule has 0 saturated carbocycles. The summed E-state index contributed by atoms with van der Waals surface area (Å²) >= 11 is 7.36. The number of hydrogen-bond donors (Lipinski definition) is 2. The van der Waals surface area contributed by atoms with E-state index in [9.17, 15) is 9.59 Å². The second-order valence-corrected chi connectivity index (χ2v) is 6.05. The predicted molar refractivity (Wildman–Crippen MR) is 86.2 cm³/mol. The number of nitrogens with two attached hydrogens (primary N) is 1. The van der Waals surface area contributed by atoms with Gasteiger partial charge in [-0.1, -0.05) is 37.1 Å². The molecule has 4 nitrogen and oxygen atoms in total. The van der Waals surface area contributed by atoms with Crippen molar-refractivity contribution in [2.45, 2.75) is 19.8 Å². The number of benzene rings is 1. The minimum absolute atomic E-state index is 0.337. The van der Waals surface area contributed by atoms with Crippen molar-refractivity contribution in [3.05, 3.63) is 51.4 Å². The molecule has 21 heavy (non-hydrogen) atoms. The Morgan fingerprint density at radius 2 is 2.00 bits per heavy atom. The maximum absolute atomic E-state index is 12.2. The first-order chi connectivity index (χ1) is 10.0. The van der Waals surface area contributed by atoms with E-state index < -0.39 is 5.91 Å². The Labute approximate surface area is 131 Å². The van der Waals surface area contributed by atoms with E-state index >= 15 is 0 Å². The fourth-order valence-corrected chi connectivity index (χ4v) is 3.28. The van der Waals surface area contributed by atoms with E-state index in [1.807, 2.05) is 6.92 Å². The molecule has 2 aromatic rings. The van der Waals surface area contributed by atoms with Crippen LogP contribution in [0.3, 0.4) is 0 Å². The standard InChI is InChI=1S/C15H15ClN2O2S/c1-2-5-9-8-11(13(17)19)15(21-9)18-14(20)10-6-3-4-7-12(10)16/h3-4,6-8H,2,5H2,1H3,(H2,17,19)(H,18,20). The van der Waals surface area contributed by atoms with Gasteiger partial charge in [-0.15, -0.1) is 11.3 Å². The molecule has 0 saturated heterocycles. The van der Waals surface area contributed by atoms with Gasteiger partial charge in [0.1, 0.15) is 5.00 Å². The largest absolute Gasteiger partial charge is 0.366 e. The lowest BCUT2D eigenvalue weighted by Gasteiger charge is -2.05. The van der Waals surface area contributed by atoms with Crippen molar-refractivity contribution in [1.29, 1.82) is 0 Å². The number of primary amides is 1. The Morgan fingerprint density at radius 1 is 1.29 bits per heavy atom. The fourth-order valence-electron chi connectivity index (χ4n) is 1.90. The maximum Gasteiger partial charge on any atom is 0.257 e. The van der Waals surface area contributed by atoms with Crippen LogP contribution < -0.4 is 11.1 Å². The van der Waals surface area contributed by atoms with Gasteiger partial charge in [-0.3, -0.25) is 9.59 Å². The average molecular weight is 323 g/mol. The summed E-state index contributed by atoms with van der Waals surface area (Å²) in [5, 5.41) is 3.55. The third kappa shape index (κ3) is 3.62. The SMILES string of the molecule is CCCc1cc(C(N)=O)c(NC(=O)c2ccccc2Cl)s1. The van der Waals surface area contributed by atoms with Crippen LogP contribution in [0, 0.1) is 0 Å². The van der Waals surface area contributed by atoms with Gasteiger partial charge in [0.05, 0.1) is 16.1 Å². The molecular weight excluding hydrogens is 308 g/mol. The summed E-state index contributed by atoms with van der Waals surface area (Å²) in [6.07, 6.45) is 1.80. The molecule has 0 aliphatic carbocycles. The van der Waals surface area contributed by atoms with Crippen molar-refractivity contribution in [1.82, 2.24) is 0 Å². The van der Waals surface area contributed by atoms with Gasteiger partial charge in [0.25, 0.3) is 11.8 Å². The van der Waals surface area contributed by atoms with Crippen LogP contribution in [-0.4, -0.2) is 11.8 Å². The summed E-state index contributed by atoms with van der Waals surface area (Å²) in [5.41, 5.74) is 6.06. The van der Waals surface area contributed by atoms with Crippen molar-refractivity contribution in [2.75, 3.05) is 5.32 Å². The van der Waals surface area contributed by atoms with Crippen LogP contribution >= 0.6 is 22.9 Å². The zero-order valence-electron chi connectivity index (χ0n) is 11.5. The highest BCUT2D eigenvalue weighted by Crippen LogP contribution is 2.29. The first-order valence-electron chi connectivity index (χ1n) is 6.51. The molecular formula is C15H15ClN2O2S.